The number of ether oxygens (including phenoxy) is 1. The van der Waals surface area contributed by atoms with Crippen molar-refractivity contribution in [2.75, 3.05) is 0 Å². The van der Waals surface area contributed by atoms with Crippen LogP contribution < -0.4 is 15.6 Å². The number of hydrogen-bond acceptors (Lipinski definition) is 4. The van der Waals surface area contributed by atoms with Crippen molar-refractivity contribution >= 4 is 34.8 Å². The van der Waals surface area contributed by atoms with Gasteiger partial charge in [0.2, 0.25) is 0 Å². The fourth-order valence-electron chi connectivity index (χ4n) is 2.10. The third-order valence-electron chi connectivity index (χ3n) is 3.47. The van der Waals surface area contributed by atoms with E-state index < -0.39 is 0 Å². The molecule has 0 spiro atoms. The number of benzene rings is 2. The molecule has 2 N–H and O–H groups in total. The molecule has 132 valence electrons. The van der Waals surface area contributed by atoms with Crippen LogP contribution in [0.3, 0.4) is 0 Å². The number of nitrogens with one attached hydrogen (secondary N) is 2. The third-order valence-corrected chi connectivity index (χ3v) is 4.59. The number of rotatable bonds is 5. The minimum atomic E-state index is -0.389. The molecule has 2 amide bonds. The Morgan fingerprint density at radius 1 is 0.923 bits per heavy atom. The van der Waals surface area contributed by atoms with Gasteiger partial charge in [0, 0.05) is 10.6 Å². The van der Waals surface area contributed by atoms with Gasteiger partial charge in [-0.1, -0.05) is 29.8 Å². The Hall–Kier alpha value is -2.83. The van der Waals surface area contributed by atoms with Crippen molar-refractivity contribution in [2.45, 2.75) is 6.61 Å². The summed E-state index contributed by atoms with van der Waals surface area (Å²) >= 11 is 7.13. The van der Waals surface area contributed by atoms with Gasteiger partial charge in [0.25, 0.3) is 11.8 Å². The molecule has 1 heterocycles. The summed E-state index contributed by atoms with van der Waals surface area (Å²) in [6.45, 7) is 0.374. The maximum atomic E-state index is 12.1. The van der Waals surface area contributed by atoms with Crippen LogP contribution >= 0.6 is 22.9 Å². The van der Waals surface area contributed by atoms with E-state index >= 15 is 0 Å². The lowest BCUT2D eigenvalue weighted by molar-refractivity contribution is 0.0849. The first kappa shape index (κ1) is 18.0. The van der Waals surface area contributed by atoms with E-state index in [0.717, 1.165) is 5.56 Å². The van der Waals surface area contributed by atoms with Crippen LogP contribution in [0.1, 0.15) is 25.6 Å². The number of halogens is 1. The second-order valence-corrected chi connectivity index (χ2v) is 6.71. The van der Waals surface area contributed by atoms with Crippen LogP contribution in [0.25, 0.3) is 0 Å². The molecule has 5 nitrogen and oxygen atoms in total. The van der Waals surface area contributed by atoms with Gasteiger partial charge >= 0.3 is 0 Å². The van der Waals surface area contributed by atoms with E-state index in [2.05, 4.69) is 10.9 Å². The summed E-state index contributed by atoms with van der Waals surface area (Å²) < 4.78 is 5.65. The van der Waals surface area contributed by atoms with Crippen LogP contribution in [0.15, 0.2) is 66.0 Å². The van der Waals surface area contributed by atoms with E-state index in [9.17, 15) is 9.59 Å². The molecule has 0 saturated carbocycles. The van der Waals surface area contributed by atoms with Crippen molar-refractivity contribution in [1.29, 1.82) is 0 Å². The summed E-state index contributed by atoms with van der Waals surface area (Å²) in [6, 6.07) is 17.5. The number of carbonyl (C=O) groups excluding carboxylic acids is 2. The Labute approximate surface area is 159 Å². The molecule has 0 aliphatic rings. The molecule has 0 unspecified atom stereocenters. The lowest BCUT2D eigenvalue weighted by Crippen LogP contribution is -2.41. The summed E-state index contributed by atoms with van der Waals surface area (Å²) in [5.74, 6) is -0.0195. The molecule has 0 saturated heterocycles. The highest BCUT2D eigenvalue weighted by atomic mass is 35.5. The van der Waals surface area contributed by atoms with Crippen LogP contribution in [-0.4, -0.2) is 11.8 Å². The molecule has 0 aliphatic carbocycles. The van der Waals surface area contributed by atoms with Gasteiger partial charge in [0.1, 0.15) is 12.4 Å². The van der Waals surface area contributed by atoms with Crippen molar-refractivity contribution < 1.29 is 14.3 Å². The molecule has 0 fully saturated rings. The van der Waals surface area contributed by atoms with Crippen LogP contribution in [0, 0.1) is 0 Å². The van der Waals surface area contributed by atoms with Crippen LogP contribution in [-0.2, 0) is 6.61 Å². The van der Waals surface area contributed by atoms with Crippen LogP contribution in [0.2, 0.25) is 5.02 Å². The molecule has 2 aromatic carbocycles. The highest BCUT2D eigenvalue weighted by molar-refractivity contribution is 7.12. The largest absolute Gasteiger partial charge is 0.489 e. The number of thiophene rings is 1. The Kier molecular flexibility index (Phi) is 5.88. The van der Waals surface area contributed by atoms with Crippen molar-refractivity contribution in [3.63, 3.8) is 0 Å². The first-order valence-electron chi connectivity index (χ1n) is 7.73. The predicted octanol–water partition coefficient (Wildman–Crippen LogP) is 4.06. The molecule has 0 atom stereocenters. The predicted molar refractivity (Wildman–Crippen MR) is 101 cm³/mol. The highest BCUT2D eigenvalue weighted by Gasteiger charge is 2.09. The van der Waals surface area contributed by atoms with E-state index in [0.29, 0.717) is 27.8 Å². The fraction of sp³-hybridized carbons (Fsp3) is 0.0526. The van der Waals surface area contributed by atoms with Crippen LogP contribution in [0.4, 0.5) is 0 Å². The Balaban J connectivity index is 1.50. The summed E-state index contributed by atoms with van der Waals surface area (Å²) in [5.41, 5.74) is 6.13. The van der Waals surface area contributed by atoms with E-state index in [1.807, 2.05) is 0 Å². The first-order chi connectivity index (χ1) is 12.6. The zero-order valence-corrected chi connectivity index (χ0v) is 15.1. The molecule has 1 aromatic heterocycles. The smallest absolute Gasteiger partial charge is 0.279 e. The monoisotopic (exact) mass is 386 g/mol. The molecule has 3 rings (SSSR count). The molecule has 3 aromatic rings. The maximum Gasteiger partial charge on any atom is 0.279 e. The summed E-state index contributed by atoms with van der Waals surface area (Å²) in [4.78, 5) is 24.4. The minimum Gasteiger partial charge on any atom is -0.489 e. The average Bonchev–Trinajstić information content (AvgIpc) is 3.21. The number of amides is 2. The lowest BCUT2D eigenvalue weighted by atomic mass is 10.1. The SMILES string of the molecule is O=C(NNC(=O)c1cccs1)c1ccc(COc2ccc(Cl)cc2)cc1. The quantitative estimate of drug-likeness (QED) is 0.650. The molecular formula is C19H15ClN2O3S. The summed E-state index contributed by atoms with van der Waals surface area (Å²) in [5, 5.41) is 2.44. The van der Waals surface area contributed by atoms with Gasteiger partial charge in [0.05, 0.1) is 4.88 Å². The zero-order chi connectivity index (χ0) is 18.4. The molecule has 0 bridgehead atoms. The summed E-state index contributed by atoms with van der Waals surface area (Å²) in [6.07, 6.45) is 0. The molecular weight excluding hydrogens is 372 g/mol. The number of hydrogen-bond donors (Lipinski definition) is 2. The standard InChI is InChI=1S/C19H15ClN2O3S/c20-15-7-9-16(10-8-15)25-12-13-3-5-14(6-4-13)18(23)21-22-19(24)17-2-1-11-26-17/h1-11H,12H2,(H,21,23)(H,22,24). The third kappa shape index (κ3) is 4.84. The van der Waals surface area contributed by atoms with E-state index in [-0.39, 0.29) is 11.8 Å². The highest BCUT2D eigenvalue weighted by Crippen LogP contribution is 2.17. The molecule has 0 aliphatic heterocycles. The van der Waals surface area contributed by atoms with Crippen LogP contribution in [0.5, 0.6) is 5.75 Å². The topological polar surface area (TPSA) is 67.4 Å². The number of hydrazine groups is 1. The van der Waals surface area contributed by atoms with E-state index in [1.165, 1.54) is 11.3 Å². The van der Waals surface area contributed by atoms with Gasteiger partial charge in [-0.05, 0) is 53.4 Å². The molecule has 7 heteroatoms. The lowest BCUT2D eigenvalue weighted by Gasteiger charge is -2.08. The van der Waals surface area contributed by atoms with Gasteiger partial charge in [-0.3, -0.25) is 20.4 Å². The van der Waals surface area contributed by atoms with E-state index in [1.54, 1.807) is 66.0 Å². The molecule has 0 radical (unpaired) electrons. The van der Waals surface area contributed by atoms with Gasteiger partial charge in [-0.25, -0.2) is 0 Å². The maximum absolute atomic E-state index is 12.1. The van der Waals surface area contributed by atoms with Crippen molar-refractivity contribution in [3.8, 4) is 5.75 Å². The van der Waals surface area contributed by atoms with Crippen molar-refractivity contribution in [1.82, 2.24) is 10.9 Å². The fourth-order valence-corrected chi connectivity index (χ4v) is 2.85. The van der Waals surface area contributed by atoms with Gasteiger partial charge in [0.15, 0.2) is 0 Å². The van der Waals surface area contributed by atoms with Crippen molar-refractivity contribution in [2.24, 2.45) is 0 Å². The van der Waals surface area contributed by atoms with Crippen molar-refractivity contribution in [3.05, 3.63) is 87.1 Å². The second-order valence-electron chi connectivity index (χ2n) is 5.33. The minimum absolute atomic E-state index is 0.346. The summed E-state index contributed by atoms with van der Waals surface area (Å²) in [7, 11) is 0. The second kappa shape index (κ2) is 8.51. The first-order valence-corrected chi connectivity index (χ1v) is 8.99. The average molecular weight is 387 g/mol. The number of carbonyl (C=O) groups is 2. The van der Waals surface area contributed by atoms with Gasteiger partial charge in [-0.2, -0.15) is 0 Å². The van der Waals surface area contributed by atoms with Gasteiger partial charge < -0.3 is 4.74 Å². The molecule has 26 heavy (non-hydrogen) atoms. The Bertz CT molecular complexity index is 878. The van der Waals surface area contributed by atoms with E-state index in [4.69, 9.17) is 16.3 Å². The Morgan fingerprint density at radius 3 is 2.27 bits per heavy atom. The zero-order valence-electron chi connectivity index (χ0n) is 13.6. The Morgan fingerprint density at radius 2 is 1.62 bits per heavy atom. The normalized spacial score (nSPS) is 10.2. The van der Waals surface area contributed by atoms with Gasteiger partial charge in [-0.15, -0.1) is 11.3 Å².